The number of carbonyl (C=O) groups is 3. The molecule has 3 aromatic rings. The van der Waals surface area contributed by atoms with Gasteiger partial charge in [-0.25, -0.2) is 14.6 Å². The monoisotopic (exact) mass is 618 g/mol. The quantitative estimate of drug-likeness (QED) is 0.208. The minimum atomic E-state index is -0.611. The van der Waals surface area contributed by atoms with Crippen molar-refractivity contribution in [1.29, 1.82) is 0 Å². The zero-order valence-electron chi connectivity index (χ0n) is 26.6. The Bertz CT molecular complexity index is 1570. The molecule has 3 heterocycles. The molecule has 240 valence electrons. The number of likely N-dealkylation sites (tertiary alicyclic amines) is 1. The van der Waals surface area contributed by atoms with Crippen molar-refractivity contribution in [3.05, 3.63) is 36.2 Å². The Balaban J connectivity index is 1.34. The first kappa shape index (κ1) is 33.0. The summed E-state index contributed by atoms with van der Waals surface area (Å²) in [6, 6.07) is 4.99. The van der Waals surface area contributed by atoms with Crippen LogP contribution >= 0.6 is 0 Å². The maximum absolute atomic E-state index is 12.8. The molecular formula is C32H42N8O5. The molecule has 0 aliphatic carbocycles. The van der Waals surface area contributed by atoms with Crippen molar-refractivity contribution in [2.75, 3.05) is 36.9 Å². The SMILES string of the molecule is CCCNc1nc(Nc2ccc3cnn(C(=O)OCC)c3c2)ncc1C#CCCCNC(=O)[C@@H]1CCCN1C(=O)OC(C)(C)C. The van der Waals surface area contributed by atoms with Gasteiger partial charge in [0.05, 0.1) is 30.1 Å². The Hall–Kier alpha value is -4.86. The number of hydrogen-bond donors (Lipinski definition) is 3. The molecule has 1 saturated heterocycles. The predicted octanol–water partition coefficient (Wildman–Crippen LogP) is 5.04. The van der Waals surface area contributed by atoms with Gasteiger partial charge in [0.15, 0.2) is 0 Å². The van der Waals surface area contributed by atoms with Gasteiger partial charge in [-0.1, -0.05) is 18.8 Å². The fraction of sp³-hybridized carbons (Fsp3) is 0.500. The molecule has 3 N–H and O–H groups in total. The molecule has 13 heteroatoms. The molecule has 0 saturated carbocycles. The van der Waals surface area contributed by atoms with Gasteiger partial charge in [-0.2, -0.15) is 14.8 Å². The predicted molar refractivity (Wildman–Crippen MR) is 171 cm³/mol. The molecule has 1 aromatic carbocycles. The highest BCUT2D eigenvalue weighted by atomic mass is 16.6. The van der Waals surface area contributed by atoms with Gasteiger partial charge in [0.2, 0.25) is 11.9 Å². The number of benzene rings is 1. The Labute approximate surface area is 263 Å². The summed E-state index contributed by atoms with van der Waals surface area (Å²) in [6.45, 7) is 11.2. The summed E-state index contributed by atoms with van der Waals surface area (Å²) < 4.78 is 11.8. The highest BCUT2D eigenvalue weighted by Gasteiger charge is 2.36. The zero-order chi connectivity index (χ0) is 32.4. The molecule has 0 unspecified atom stereocenters. The van der Waals surface area contributed by atoms with Gasteiger partial charge in [0.25, 0.3) is 0 Å². The highest BCUT2D eigenvalue weighted by Crippen LogP contribution is 2.23. The first-order valence-corrected chi connectivity index (χ1v) is 15.4. The third-order valence-corrected chi connectivity index (χ3v) is 6.78. The van der Waals surface area contributed by atoms with Crippen LogP contribution in [0.1, 0.15) is 72.3 Å². The summed E-state index contributed by atoms with van der Waals surface area (Å²) in [7, 11) is 0. The fourth-order valence-electron chi connectivity index (χ4n) is 4.71. The summed E-state index contributed by atoms with van der Waals surface area (Å²) in [5.74, 6) is 7.10. The Morgan fingerprint density at radius 1 is 1.11 bits per heavy atom. The molecule has 1 atom stereocenters. The van der Waals surface area contributed by atoms with Crippen LogP contribution in [-0.2, 0) is 14.3 Å². The lowest BCUT2D eigenvalue weighted by Crippen LogP contribution is -2.47. The zero-order valence-corrected chi connectivity index (χ0v) is 26.6. The van der Waals surface area contributed by atoms with E-state index in [-0.39, 0.29) is 12.5 Å². The molecule has 1 fully saturated rings. The van der Waals surface area contributed by atoms with Crippen LogP contribution in [0.2, 0.25) is 0 Å². The van der Waals surface area contributed by atoms with Crippen LogP contribution in [0.4, 0.5) is 27.0 Å². The van der Waals surface area contributed by atoms with Gasteiger partial charge >= 0.3 is 12.2 Å². The van der Waals surface area contributed by atoms with Gasteiger partial charge < -0.3 is 25.4 Å². The lowest BCUT2D eigenvalue weighted by atomic mass is 10.2. The van der Waals surface area contributed by atoms with E-state index in [2.05, 4.69) is 49.8 Å². The normalized spacial score (nSPS) is 14.4. The van der Waals surface area contributed by atoms with Crippen molar-refractivity contribution in [2.45, 2.75) is 78.4 Å². The molecule has 4 rings (SSSR count). The minimum Gasteiger partial charge on any atom is -0.448 e. The van der Waals surface area contributed by atoms with Crippen LogP contribution < -0.4 is 16.0 Å². The maximum Gasteiger partial charge on any atom is 0.435 e. The summed E-state index contributed by atoms with van der Waals surface area (Å²) in [5, 5.41) is 14.4. The van der Waals surface area contributed by atoms with Crippen molar-refractivity contribution in [2.24, 2.45) is 0 Å². The second-order valence-corrected chi connectivity index (χ2v) is 11.6. The topological polar surface area (TPSA) is 153 Å². The number of nitrogens with zero attached hydrogens (tertiary/aromatic N) is 5. The first-order chi connectivity index (χ1) is 21.6. The number of amides is 2. The summed E-state index contributed by atoms with van der Waals surface area (Å²) in [5.41, 5.74) is 1.33. The summed E-state index contributed by atoms with van der Waals surface area (Å²) >= 11 is 0. The Morgan fingerprint density at radius 3 is 2.69 bits per heavy atom. The largest absolute Gasteiger partial charge is 0.448 e. The fourth-order valence-corrected chi connectivity index (χ4v) is 4.71. The van der Waals surface area contributed by atoms with Crippen LogP contribution in [0.5, 0.6) is 0 Å². The number of aromatic nitrogens is 4. The second-order valence-electron chi connectivity index (χ2n) is 11.6. The lowest BCUT2D eigenvalue weighted by Gasteiger charge is -2.28. The van der Waals surface area contributed by atoms with Crippen molar-refractivity contribution < 1.29 is 23.9 Å². The van der Waals surface area contributed by atoms with E-state index >= 15 is 0 Å². The van der Waals surface area contributed by atoms with Gasteiger partial charge in [-0.15, -0.1) is 0 Å². The summed E-state index contributed by atoms with van der Waals surface area (Å²) in [6.07, 6.45) is 5.77. The van der Waals surface area contributed by atoms with Crippen molar-refractivity contribution >= 4 is 46.5 Å². The molecular weight excluding hydrogens is 576 g/mol. The van der Waals surface area contributed by atoms with Crippen LogP contribution in [0, 0.1) is 11.8 Å². The van der Waals surface area contributed by atoms with Crippen LogP contribution in [-0.4, -0.2) is 80.6 Å². The average molecular weight is 619 g/mol. The van der Waals surface area contributed by atoms with Gasteiger partial charge in [-0.05, 0) is 71.6 Å². The van der Waals surface area contributed by atoms with E-state index in [0.717, 1.165) is 18.2 Å². The molecule has 1 aliphatic rings. The standard InChI is InChI=1S/C32H42N8O5/c1-6-16-33-27-23(12-9-8-10-17-34-28(41)25-13-11-18-39(25)30(42)45-32(3,4)5)20-35-29(38-27)37-24-15-14-22-21-36-40(26(22)19-24)31(43)44-7-2/h14-15,19-21,25H,6-8,10-11,13,16-18H2,1-5H3,(H,34,41)(H2,33,35,37,38)/t25-/m0/s1. The van der Waals surface area contributed by atoms with E-state index in [9.17, 15) is 14.4 Å². The number of unbranched alkanes of at least 4 members (excludes halogenated alkanes) is 1. The van der Waals surface area contributed by atoms with Gasteiger partial charge in [0.1, 0.15) is 17.5 Å². The van der Waals surface area contributed by atoms with E-state index in [4.69, 9.17) is 9.47 Å². The number of fused-ring (bicyclic) bond motifs is 1. The highest BCUT2D eigenvalue weighted by molar-refractivity contribution is 5.90. The van der Waals surface area contributed by atoms with Gasteiger partial charge in [0, 0.05) is 37.1 Å². The Morgan fingerprint density at radius 2 is 1.93 bits per heavy atom. The number of anilines is 3. The Kier molecular flexibility index (Phi) is 11.2. The third-order valence-electron chi connectivity index (χ3n) is 6.78. The number of carbonyl (C=O) groups excluding carboxylic acids is 3. The van der Waals surface area contributed by atoms with E-state index in [1.54, 1.807) is 25.4 Å². The molecule has 1 aliphatic heterocycles. The minimum absolute atomic E-state index is 0.168. The van der Waals surface area contributed by atoms with Gasteiger partial charge in [-0.3, -0.25) is 9.69 Å². The number of hydrogen-bond acceptors (Lipinski definition) is 10. The van der Waals surface area contributed by atoms with E-state index in [1.807, 2.05) is 32.9 Å². The molecule has 2 aromatic heterocycles. The number of rotatable bonds is 10. The smallest absolute Gasteiger partial charge is 0.435 e. The molecule has 45 heavy (non-hydrogen) atoms. The number of nitrogens with one attached hydrogen (secondary N) is 3. The average Bonchev–Trinajstić information content (AvgIpc) is 3.65. The lowest BCUT2D eigenvalue weighted by molar-refractivity contribution is -0.125. The molecule has 13 nitrogen and oxygen atoms in total. The second kappa shape index (κ2) is 15.2. The van der Waals surface area contributed by atoms with Crippen molar-refractivity contribution in [1.82, 2.24) is 30.0 Å². The third kappa shape index (κ3) is 9.07. The van der Waals surface area contributed by atoms with E-state index < -0.39 is 23.8 Å². The van der Waals surface area contributed by atoms with Crippen molar-refractivity contribution in [3.8, 4) is 11.8 Å². The first-order valence-electron chi connectivity index (χ1n) is 15.4. The molecule has 0 radical (unpaired) electrons. The van der Waals surface area contributed by atoms with E-state index in [1.165, 1.54) is 9.58 Å². The maximum atomic E-state index is 12.8. The van der Waals surface area contributed by atoms with Crippen LogP contribution in [0.15, 0.2) is 30.6 Å². The molecule has 2 amide bonds. The van der Waals surface area contributed by atoms with Crippen molar-refractivity contribution in [3.63, 3.8) is 0 Å². The van der Waals surface area contributed by atoms with Crippen LogP contribution in [0.3, 0.4) is 0 Å². The summed E-state index contributed by atoms with van der Waals surface area (Å²) in [4.78, 5) is 48.1. The number of ether oxygens (including phenoxy) is 2. The molecule has 0 spiro atoms. The van der Waals surface area contributed by atoms with E-state index in [0.29, 0.717) is 67.4 Å². The van der Waals surface area contributed by atoms with Crippen LogP contribution in [0.25, 0.3) is 10.9 Å². The molecule has 0 bridgehead atoms.